The second-order valence-corrected chi connectivity index (χ2v) is 8.00. The van der Waals surface area contributed by atoms with Gasteiger partial charge in [-0.05, 0) is 42.0 Å². The van der Waals surface area contributed by atoms with E-state index in [2.05, 4.69) is 22.5 Å². The average Bonchev–Trinajstić information content (AvgIpc) is 3.33. The molecule has 32 heavy (non-hydrogen) atoms. The summed E-state index contributed by atoms with van der Waals surface area (Å²) in [5.41, 5.74) is 4.27. The highest BCUT2D eigenvalue weighted by molar-refractivity contribution is 7.18. The van der Waals surface area contributed by atoms with E-state index in [1.165, 1.54) is 11.3 Å². The number of amides is 1. The van der Waals surface area contributed by atoms with Crippen molar-refractivity contribution in [3.05, 3.63) is 101 Å². The molecule has 1 aromatic heterocycles. The first kappa shape index (κ1) is 21.4. The number of benzene rings is 3. The second kappa shape index (κ2) is 10.00. The van der Waals surface area contributed by atoms with E-state index in [4.69, 9.17) is 15.3 Å². The maximum absolute atomic E-state index is 12.0. The number of anilines is 2. The molecule has 7 heteroatoms. The molecule has 3 aromatic carbocycles. The van der Waals surface area contributed by atoms with Crippen LogP contribution in [-0.4, -0.2) is 13.0 Å². The second-order valence-electron chi connectivity index (χ2n) is 6.93. The van der Waals surface area contributed by atoms with Gasteiger partial charge in [0.2, 0.25) is 0 Å². The Morgan fingerprint density at radius 1 is 0.938 bits per heavy atom. The standard InChI is InChI=1S/C25H23N3O3S/c1-30-21-12-5-6-13-22(21)31-20-11-7-10-19(16-20)28(17-18-8-3-2-4-9-18)24-15-14-23(32-24)25(29)27-26/h2-16H,17,26H2,1H3,(H,27,29). The molecule has 6 nitrogen and oxygen atoms in total. The molecular formula is C25H23N3O3S. The highest BCUT2D eigenvalue weighted by atomic mass is 32.1. The lowest BCUT2D eigenvalue weighted by Crippen LogP contribution is -2.29. The van der Waals surface area contributed by atoms with Crippen molar-refractivity contribution < 1.29 is 14.3 Å². The fraction of sp³-hybridized carbons (Fsp3) is 0.0800. The van der Waals surface area contributed by atoms with Crippen molar-refractivity contribution in [1.29, 1.82) is 0 Å². The number of nitrogens with one attached hydrogen (secondary N) is 1. The van der Waals surface area contributed by atoms with E-state index in [-0.39, 0.29) is 5.91 Å². The van der Waals surface area contributed by atoms with Gasteiger partial charge in [0.15, 0.2) is 11.5 Å². The topological polar surface area (TPSA) is 76.8 Å². The largest absolute Gasteiger partial charge is 0.493 e. The van der Waals surface area contributed by atoms with Gasteiger partial charge in [-0.3, -0.25) is 10.2 Å². The van der Waals surface area contributed by atoms with Gasteiger partial charge < -0.3 is 14.4 Å². The van der Waals surface area contributed by atoms with Gasteiger partial charge in [0.1, 0.15) is 5.75 Å². The predicted molar refractivity (Wildman–Crippen MR) is 128 cm³/mol. The van der Waals surface area contributed by atoms with Crippen molar-refractivity contribution >= 4 is 27.9 Å². The fourth-order valence-corrected chi connectivity index (χ4v) is 4.20. The summed E-state index contributed by atoms with van der Waals surface area (Å²) in [5, 5.41) is 0.918. The zero-order valence-electron chi connectivity index (χ0n) is 17.5. The van der Waals surface area contributed by atoms with E-state index in [1.54, 1.807) is 13.2 Å². The molecule has 0 aliphatic rings. The molecular weight excluding hydrogens is 422 g/mol. The molecule has 0 spiro atoms. The monoisotopic (exact) mass is 445 g/mol. The van der Waals surface area contributed by atoms with Crippen molar-refractivity contribution in [2.24, 2.45) is 5.84 Å². The quantitative estimate of drug-likeness (QED) is 0.213. The molecule has 0 aliphatic carbocycles. The Morgan fingerprint density at radius 2 is 1.69 bits per heavy atom. The molecule has 0 saturated heterocycles. The van der Waals surface area contributed by atoms with Gasteiger partial charge in [0, 0.05) is 18.3 Å². The summed E-state index contributed by atoms with van der Waals surface area (Å²) < 4.78 is 11.5. The number of para-hydroxylation sites is 2. The van der Waals surface area contributed by atoms with Crippen LogP contribution in [-0.2, 0) is 6.54 Å². The van der Waals surface area contributed by atoms with E-state index in [1.807, 2.05) is 72.8 Å². The number of carbonyl (C=O) groups excluding carboxylic acids is 1. The van der Waals surface area contributed by atoms with Crippen LogP contribution >= 0.6 is 11.3 Å². The summed E-state index contributed by atoms with van der Waals surface area (Å²) in [4.78, 5) is 14.7. The summed E-state index contributed by atoms with van der Waals surface area (Å²) >= 11 is 1.38. The molecule has 0 aliphatic heterocycles. The van der Waals surface area contributed by atoms with Crippen LogP contribution in [0.15, 0.2) is 91.0 Å². The van der Waals surface area contributed by atoms with Crippen molar-refractivity contribution in [2.45, 2.75) is 6.54 Å². The summed E-state index contributed by atoms with van der Waals surface area (Å²) in [5.74, 6) is 6.98. The number of carbonyl (C=O) groups is 1. The van der Waals surface area contributed by atoms with Gasteiger partial charge in [-0.1, -0.05) is 48.5 Å². The van der Waals surface area contributed by atoms with E-state index in [0.29, 0.717) is 28.7 Å². The lowest BCUT2D eigenvalue weighted by Gasteiger charge is -2.24. The maximum Gasteiger partial charge on any atom is 0.275 e. The van der Waals surface area contributed by atoms with Gasteiger partial charge >= 0.3 is 0 Å². The van der Waals surface area contributed by atoms with E-state index >= 15 is 0 Å². The zero-order chi connectivity index (χ0) is 22.3. The molecule has 1 heterocycles. The number of nitrogens with two attached hydrogens (primary N) is 1. The third-order valence-corrected chi connectivity index (χ3v) is 5.93. The van der Waals surface area contributed by atoms with E-state index in [9.17, 15) is 4.79 Å². The van der Waals surface area contributed by atoms with E-state index < -0.39 is 0 Å². The summed E-state index contributed by atoms with van der Waals surface area (Å²) in [6.45, 7) is 0.628. The van der Waals surface area contributed by atoms with Crippen LogP contribution in [0, 0.1) is 0 Å². The van der Waals surface area contributed by atoms with Gasteiger partial charge in [-0.25, -0.2) is 5.84 Å². The molecule has 162 valence electrons. The number of hydrazine groups is 1. The molecule has 0 saturated carbocycles. The van der Waals surface area contributed by atoms with Gasteiger partial charge in [-0.15, -0.1) is 11.3 Å². The number of hydrogen-bond donors (Lipinski definition) is 2. The minimum atomic E-state index is -0.311. The molecule has 0 unspecified atom stereocenters. The highest BCUT2D eigenvalue weighted by Crippen LogP contribution is 2.37. The van der Waals surface area contributed by atoms with Crippen molar-refractivity contribution in [3.8, 4) is 17.2 Å². The zero-order valence-corrected chi connectivity index (χ0v) is 18.3. The number of ether oxygens (including phenoxy) is 2. The molecule has 3 N–H and O–H groups in total. The van der Waals surface area contributed by atoms with Crippen molar-refractivity contribution in [3.63, 3.8) is 0 Å². The lowest BCUT2D eigenvalue weighted by atomic mass is 10.2. The number of methoxy groups -OCH3 is 1. The maximum atomic E-state index is 12.0. The molecule has 0 fully saturated rings. The highest BCUT2D eigenvalue weighted by Gasteiger charge is 2.16. The molecule has 0 bridgehead atoms. The predicted octanol–water partition coefficient (Wildman–Crippen LogP) is 5.49. The van der Waals surface area contributed by atoms with Gasteiger partial charge in [-0.2, -0.15) is 0 Å². The third-order valence-electron chi connectivity index (χ3n) is 4.82. The first-order chi connectivity index (χ1) is 15.7. The minimum absolute atomic E-state index is 0.311. The number of thiophene rings is 1. The minimum Gasteiger partial charge on any atom is -0.493 e. The normalized spacial score (nSPS) is 10.4. The molecule has 0 radical (unpaired) electrons. The van der Waals surface area contributed by atoms with Crippen LogP contribution in [0.3, 0.4) is 0 Å². The third kappa shape index (κ3) is 4.91. The summed E-state index contributed by atoms with van der Waals surface area (Å²) in [7, 11) is 1.62. The Morgan fingerprint density at radius 3 is 2.44 bits per heavy atom. The van der Waals surface area contributed by atoms with Gasteiger partial charge in [0.25, 0.3) is 5.91 Å². The number of nitrogen functional groups attached to an aromatic ring is 1. The van der Waals surface area contributed by atoms with Crippen LogP contribution in [0.1, 0.15) is 15.2 Å². The SMILES string of the molecule is COc1ccccc1Oc1cccc(N(Cc2ccccc2)c2ccc(C(=O)NN)s2)c1. The van der Waals surface area contributed by atoms with Crippen LogP contribution in [0.25, 0.3) is 0 Å². The fourth-order valence-electron chi connectivity index (χ4n) is 3.27. The molecule has 4 rings (SSSR count). The molecule has 4 aromatic rings. The average molecular weight is 446 g/mol. The Bertz CT molecular complexity index is 1190. The number of nitrogens with zero attached hydrogens (tertiary/aromatic N) is 1. The summed E-state index contributed by atoms with van der Waals surface area (Å²) in [6, 6.07) is 29.2. The Balaban J connectivity index is 1.68. The molecule has 1 amide bonds. The van der Waals surface area contributed by atoms with Crippen LogP contribution in [0.4, 0.5) is 10.7 Å². The summed E-state index contributed by atoms with van der Waals surface area (Å²) in [6.07, 6.45) is 0. The smallest absolute Gasteiger partial charge is 0.275 e. The Labute approximate surface area is 190 Å². The van der Waals surface area contributed by atoms with Crippen molar-refractivity contribution in [1.82, 2.24) is 5.43 Å². The van der Waals surface area contributed by atoms with Crippen LogP contribution in [0.5, 0.6) is 17.2 Å². The van der Waals surface area contributed by atoms with E-state index in [0.717, 1.165) is 16.3 Å². The first-order valence-corrected chi connectivity index (χ1v) is 10.8. The van der Waals surface area contributed by atoms with Crippen LogP contribution < -0.4 is 25.6 Å². The Hall–Kier alpha value is -3.81. The number of rotatable bonds is 8. The van der Waals surface area contributed by atoms with Crippen LogP contribution in [0.2, 0.25) is 0 Å². The first-order valence-electron chi connectivity index (χ1n) is 10.0. The van der Waals surface area contributed by atoms with Gasteiger partial charge in [0.05, 0.1) is 17.0 Å². The lowest BCUT2D eigenvalue weighted by molar-refractivity contribution is 0.0957. The molecule has 0 atom stereocenters. The van der Waals surface area contributed by atoms with Crippen molar-refractivity contribution in [2.75, 3.05) is 12.0 Å². The number of hydrogen-bond acceptors (Lipinski definition) is 6. The Kier molecular flexibility index (Phi) is 6.69.